The second-order valence-corrected chi connectivity index (χ2v) is 13.9. The second kappa shape index (κ2) is 13.4. The largest absolute Gasteiger partial charge is 0.444 e. The number of carbonyl (C=O) groups is 4. The number of carbonyl (C=O) groups excluding carboxylic acids is 4. The van der Waals surface area contributed by atoms with E-state index in [0.29, 0.717) is 68.8 Å². The van der Waals surface area contributed by atoms with Crippen LogP contribution in [0.3, 0.4) is 0 Å². The van der Waals surface area contributed by atoms with Gasteiger partial charge in [-0.3, -0.25) is 14.4 Å². The molecule has 4 rings (SSSR count). The predicted octanol–water partition coefficient (Wildman–Crippen LogP) is 5.14. The molecule has 2 aliphatic rings. The SMILES string of the molecule is CCCC[C@H](NC(=O)c1[nH]c2c(c1C)C(=O)CC(C)(C)C2)C(=O)NCc1ccc(N2CCN(C(=O)OC(C)(C)C)CC2)cc1. The molecule has 2 aromatic rings. The van der Waals surface area contributed by atoms with Crippen LogP contribution in [0, 0.1) is 12.3 Å². The maximum Gasteiger partial charge on any atom is 0.410 e. The number of benzene rings is 1. The standard InChI is InChI=1S/C34H49N5O5/c1-8-9-10-25(37-31(42)29-22(2)28-26(36-29)19-34(6,7)20-27(28)40)30(41)35-21-23-11-13-24(14-12-23)38-15-17-39(18-16-38)32(43)44-33(3,4)5/h11-14,25,36H,8-10,15-21H2,1-7H3,(H,35,41)(H,37,42)/t25-/m0/s1. The van der Waals surface area contributed by atoms with Crippen molar-refractivity contribution >= 4 is 29.4 Å². The molecule has 1 aromatic carbocycles. The fourth-order valence-electron chi connectivity index (χ4n) is 5.98. The van der Waals surface area contributed by atoms with Crippen molar-refractivity contribution < 1.29 is 23.9 Å². The van der Waals surface area contributed by atoms with Gasteiger partial charge in [-0.15, -0.1) is 0 Å². The normalized spacial score (nSPS) is 17.1. The first kappa shape index (κ1) is 33.1. The van der Waals surface area contributed by atoms with E-state index in [1.807, 2.05) is 52.0 Å². The molecule has 1 aliphatic carbocycles. The van der Waals surface area contributed by atoms with Crippen LogP contribution in [0.4, 0.5) is 10.5 Å². The van der Waals surface area contributed by atoms with Crippen molar-refractivity contribution in [2.45, 2.75) is 98.8 Å². The number of ketones is 1. The molecule has 10 heteroatoms. The van der Waals surface area contributed by atoms with E-state index in [1.165, 1.54) is 0 Å². The third-order valence-electron chi connectivity index (χ3n) is 8.30. The lowest BCUT2D eigenvalue weighted by Crippen LogP contribution is -2.50. The fourth-order valence-corrected chi connectivity index (χ4v) is 5.98. The predicted molar refractivity (Wildman–Crippen MR) is 171 cm³/mol. The Morgan fingerprint density at radius 3 is 2.32 bits per heavy atom. The van der Waals surface area contributed by atoms with Gasteiger partial charge >= 0.3 is 6.09 Å². The number of H-pyrrole nitrogens is 1. The second-order valence-electron chi connectivity index (χ2n) is 13.9. The summed E-state index contributed by atoms with van der Waals surface area (Å²) in [5.41, 5.74) is 3.77. The van der Waals surface area contributed by atoms with Crippen molar-refractivity contribution in [3.8, 4) is 0 Å². The number of hydrogen-bond acceptors (Lipinski definition) is 6. The molecule has 0 bridgehead atoms. The molecule has 1 aromatic heterocycles. The molecule has 0 radical (unpaired) electrons. The molecule has 10 nitrogen and oxygen atoms in total. The van der Waals surface area contributed by atoms with E-state index in [9.17, 15) is 19.2 Å². The minimum Gasteiger partial charge on any atom is -0.444 e. The first-order valence-electron chi connectivity index (χ1n) is 15.8. The average molecular weight is 608 g/mol. The zero-order valence-corrected chi connectivity index (χ0v) is 27.4. The number of hydrogen-bond donors (Lipinski definition) is 3. The van der Waals surface area contributed by atoms with Crippen LogP contribution in [0.2, 0.25) is 0 Å². The molecule has 3 amide bonds. The molecule has 1 aliphatic heterocycles. The van der Waals surface area contributed by atoms with Gasteiger partial charge in [0.15, 0.2) is 5.78 Å². The first-order chi connectivity index (χ1) is 20.7. The van der Waals surface area contributed by atoms with Crippen molar-refractivity contribution in [1.82, 2.24) is 20.5 Å². The molecule has 44 heavy (non-hydrogen) atoms. The van der Waals surface area contributed by atoms with Crippen LogP contribution in [0.5, 0.6) is 0 Å². The molecule has 0 spiro atoms. The number of unbranched alkanes of at least 4 members (excludes halogenated alkanes) is 1. The van der Waals surface area contributed by atoms with E-state index in [0.717, 1.165) is 29.8 Å². The number of fused-ring (bicyclic) bond motifs is 1. The smallest absolute Gasteiger partial charge is 0.410 e. The van der Waals surface area contributed by atoms with E-state index in [4.69, 9.17) is 4.74 Å². The number of Topliss-reactive ketones (excluding diaryl/α,β-unsaturated/α-hetero) is 1. The monoisotopic (exact) mass is 607 g/mol. The van der Waals surface area contributed by atoms with Crippen molar-refractivity contribution in [1.29, 1.82) is 0 Å². The van der Waals surface area contributed by atoms with Crippen LogP contribution in [-0.2, 0) is 22.5 Å². The Labute approximate surface area is 261 Å². The molecule has 0 unspecified atom stereocenters. The summed E-state index contributed by atoms with van der Waals surface area (Å²) >= 11 is 0. The lowest BCUT2D eigenvalue weighted by atomic mass is 9.75. The van der Waals surface area contributed by atoms with Crippen molar-refractivity contribution in [2.24, 2.45) is 5.41 Å². The van der Waals surface area contributed by atoms with Crippen molar-refractivity contribution in [2.75, 3.05) is 31.1 Å². The van der Waals surface area contributed by atoms with Gasteiger partial charge in [0, 0.05) is 56.1 Å². The number of nitrogens with zero attached hydrogens (tertiary/aromatic N) is 2. The fraction of sp³-hybridized carbons (Fsp3) is 0.588. The lowest BCUT2D eigenvalue weighted by Gasteiger charge is -2.36. The van der Waals surface area contributed by atoms with Crippen LogP contribution in [0.1, 0.15) is 105 Å². The highest BCUT2D eigenvalue weighted by atomic mass is 16.6. The highest BCUT2D eigenvalue weighted by molar-refractivity contribution is 6.05. The number of anilines is 1. The molecule has 0 saturated carbocycles. The summed E-state index contributed by atoms with van der Waals surface area (Å²) in [4.78, 5) is 58.9. The number of aromatic amines is 1. The van der Waals surface area contributed by atoms with Gasteiger partial charge in [-0.05, 0) is 69.2 Å². The third-order valence-corrected chi connectivity index (χ3v) is 8.30. The van der Waals surface area contributed by atoms with Gasteiger partial charge in [-0.25, -0.2) is 4.79 Å². The minimum atomic E-state index is -0.685. The van der Waals surface area contributed by atoms with Gasteiger partial charge in [-0.1, -0.05) is 45.7 Å². The van der Waals surface area contributed by atoms with E-state index >= 15 is 0 Å². The van der Waals surface area contributed by atoms with E-state index in [1.54, 1.807) is 11.8 Å². The molecule has 1 saturated heterocycles. The van der Waals surface area contributed by atoms with Crippen LogP contribution in [0.25, 0.3) is 0 Å². The first-order valence-corrected chi connectivity index (χ1v) is 15.8. The van der Waals surface area contributed by atoms with Gasteiger partial charge in [-0.2, -0.15) is 0 Å². The molecule has 1 fully saturated rings. The number of rotatable bonds is 9. The van der Waals surface area contributed by atoms with Gasteiger partial charge in [0.05, 0.1) is 0 Å². The van der Waals surface area contributed by atoms with Gasteiger partial charge in [0.25, 0.3) is 5.91 Å². The Bertz CT molecular complexity index is 1360. The molecule has 240 valence electrons. The highest BCUT2D eigenvalue weighted by Gasteiger charge is 2.36. The average Bonchev–Trinajstić information content (AvgIpc) is 3.28. The summed E-state index contributed by atoms with van der Waals surface area (Å²) in [6.45, 7) is 16.5. The number of amides is 3. The Balaban J connectivity index is 1.32. The quantitative estimate of drug-likeness (QED) is 0.363. The Morgan fingerprint density at radius 1 is 1.05 bits per heavy atom. The Kier molecular flexibility index (Phi) is 10.1. The van der Waals surface area contributed by atoms with Crippen LogP contribution < -0.4 is 15.5 Å². The Hall–Kier alpha value is -3.82. The van der Waals surface area contributed by atoms with E-state index < -0.39 is 11.6 Å². The summed E-state index contributed by atoms with van der Waals surface area (Å²) in [6, 6.07) is 7.34. The summed E-state index contributed by atoms with van der Waals surface area (Å²) in [5, 5.41) is 5.92. The van der Waals surface area contributed by atoms with Crippen LogP contribution in [0.15, 0.2) is 24.3 Å². The summed E-state index contributed by atoms with van der Waals surface area (Å²) < 4.78 is 5.49. The topological polar surface area (TPSA) is 124 Å². The minimum absolute atomic E-state index is 0.0541. The number of nitrogens with one attached hydrogen (secondary N) is 3. The van der Waals surface area contributed by atoms with E-state index in [2.05, 4.69) is 34.4 Å². The molecular weight excluding hydrogens is 558 g/mol. The molecule has 2 heterocycles. The van der Waals surface area contributed by atoms with E-state index in [-0.39, 0.29) is 29.1 Å². The summed E-state index contributed by atoms with van der Waals surface area (Å²) in [7, 11) is 0. The van der Waals surface area contributed by atoms with Gasteiger partial charge < -0.3 is 30.2 Å². The highest BCUT2D eigenvalue weighted by Crippen LogP contribution is 2.36. The van der Waals surface area contributed by atoms with Crippen molar-refractivity contribution in [3.05, 3.63) is 52.3 Å². The zero-order chi connectivity index (χ0) is 32.2. The Morgan fingerprint density at radius 2 is 1.70 bits per heavy atom. The van der Waals surface area contributed by atoms with Crippen molar-refractivity contribution in [3.63, 3.8) is 0 Å². The lowest BCUT2D eigenvalue weighted by molar-refractivity contribution is -0.123. The van der Waals surface area contributed by atoms with Crippen LogP contribution in [-0.4, -0.2) is 71.4 Å². The maximum absolute atomic E-state index is 13.3. The number of ether oxygens (including phenoxy) is 1. The molecule has 1 atom stereocenters. The van der Waals surface area contributed by atoms with Gasteiger partial charge in [0.2, 0.25) is 5.91 Å². The molecule has 3 N–H and O–H groups in total. The number of aromatic nitrogens is 1. The third kappa shape index (κ3) is 8.21. The van der Waals surface area contributed by atoms with Gasteiger partial charge in [0.1, 0.15) is 17.3 Å². The maximum atomic E-state index is 13.3. The summed E-state index contributed by atoms with van der Waals surface area (Å²) in [5.74, 6) is -0.548. The van der Waals surface area contributed by atoms with Crippen LogP contribution >= 0.6 is 0 Å². The molecular formula is C34H49N5O5. The summed E-state index contributed by atoms with van der Waals surface area (Å²) in [6.07, 6.45) is 3.08. The zero-order valence-electron chi connectivity index (χ0n) is 27.4. The number of piperazine rings is 1.